The average Bonchev–Trinajstić information content (AvgIpc) is 1.68. The smallest absolute Gasteiger partial charge is 0.194 e. The van der Waals surface area contributed by atoms with Gasteiger partial charge in [0.25, 0.3) is 0 Å². The van der Waals surface area contributed by atoms with Crippen LogP contribution in [0.25, 0.3) is 0 Å². The summed E-state index contributed by atoms with van der Waals surface area (Å²) in [6.07, 6.45) is 3.37. The minimum absolute atomic E-state index is 0.787. The second-order valence-electron chi connectivity index (χ2n) is 1.76. The maximum absolute atomic E-state index is 2.26. The fourth-order valence-corrected chi connectivity index (χ4v) is 0.986. The van der Waals surface area contributed by atoms with Crippen molar-refractivity contribution in [1.29, 1.82) is 0 Å². The molecule has 7 heavy (non-hydrogen) atoms. The van der Waals surface area contributed by atoms with Gasteiger partial charge in [0.1, 0.15) is 0 Å². The van der Waals surface area contributed by atoms with Crippen LogP contribution < -0.4 is 0 Å². The maximum Gasteiger partial charge on any atom is 0.194 e. The van der Waals surface area contributed by atoms with Crippen molar-refractivity contribution in [3.8, 4) is 0 Å². The molecule has 0 saturated heterocycles. The fraction of sp³-hybridized carbons (Fsp3) is 1.00. The predicted molar refractivity (Wildman–Crippen MR) is 39.0 cm³/mol. The summed E-state index contributed by atoms with van der Waals surface area (Å²) >= 11 is 1.81. The van der Waals surface area contributed by atoms with Crippen LogP contribution in [0.1, 0.15) is 20.3 Å². The first-order valence-electron chi connectivity index (χ1n) is 2.67. The van der Waals surface area contributed by atoms with Crippen LogP contribution in [-0.4, -0.2) is 12.8 Å². The van der Waals surface area contributed by atoms with E-state index in [2.05, 4.69) is 26.7 Å². The summed E-state index contributed by atoms with van der Waals surface area (Å²) in [5, 5.41) is 0. The molecule has 0 N–H and O–H groups in total. The van der Waals surface area contributed by atoms with Crippen LogP contribution in [0, 0.1) is 0 Å². The van der Waals surface area contributed by atoms with E-state index in [0.717, 1.165) is 5.82 Å². The van der Waals surface area contributed by atoms with Crippen molar-refractivity contribution in [2.75, 3.05) is 6.26 Å². The third-order valence-corrected chi connectivity index (χ3v) is 1.75. The topological polar surface area (TPSA) is 0 Å². The highest BCUT2D eigenvalue weighted by Crippen LogP contribution is 2.10. The Hall–Kier alpha value is 0.415. The minimum atomic E-state index is 0.787. The molecule has 0 rings (SSSR count). The van der Waals surface area contributed by atoms with Crippen LogP contribution in [0.3, 0.4) is 0 Å². The third-order valence-electron chi connectivity index (χ3n) is 1.01. The van der Waals surface area contributed by atoms with Crippen LogP contribution in [0.2, 0.25) is 5.82 Å². The Morgan fingerprint density at radius 3 is 2.43 bits per heavy atom. The lowest BCUT2D eigenvalue weighted by molar-refractivity contribution is 0.878. The van der Waals surface area contributed by atoms with Gasteiger partial charge in [0.05, 0.1) is 0 Å². The van der Waals surface area contributed by atoms with Gasteiger partial charge in [-0.1, -0.05) is 26.1 Å². The lowest BCUT2D eigenvalue weighted by atomic mass is 9.86. The first-order valence-corrected chi connectivity index (χ1v) is 3.96. The van der Waals surface area contributed by atoms with E-state index in [1.165, 1.54) is 6.42 Å². The average molecular weight is 115 g/mol. The van der Waals surface area contributed by atoms with Crippen molar-refractivity contribution in [3.05, 3.63) is 0 Å². The van der Waals surface area contributed by atoms with E-state index in [0.29, 0.717) is 0 Å². The van der Waals surface area contributed by atoms with E-state index in [1.807, 2.05) is 11.6 Å². The van der Waals surface area contributed by atoms with E-state index >= 15 is 0 Å². The first kappa shape index (κ1) is 7.41. The second-order valence-corrected chi connectivity index (χ2v) is 2.50. The molecule has 0 heterocycles. The van der Waals surface area contributed by atoms with Gasteiger partial charge in [-0.15, -0.1) is 0 Å². The molecule has 0 saturated carbocycles. The van der Waals surface area contributed by atoms with Crippen LogP contribution in [0.4, 0.5) is 0 Å². The summed E-state index contributed by atoms with van der Waals surface area (Å²) in [7, 11) is 0. The van der Waals surface area contributed by atoms with Gasteiger partial charge in [-0.25, -0.2) is 11.6 Å². The molecule has 0 aliphatic rings. The highest BCUT2D eigenvalue weighted by atomic mass is 32.2. The molecule has 0 aromatic carbocycles. The van der Waals surface area contributed by atoms with Crippen LogP contribution in [0.5, 0.6) is 0 Å². The quantitative estimate of drug-likeness (QED) is 0.508. The zero-order chi connectivity index (χ0) is 5.70. The Balaban J connectivity index is 2.83. The molecule has 0 aromatic rings. The lowest BCUT2D eigenvalue weighted by Gasteiger charge is -2.00. The predicted octanol–water partition coefficient (Wildman–Crippen LogP) is 2.19. The molecule has 0 fully saturated rings. The molecular weight excluding hydrogens is 103 g/mol. The molecule has 0 aliphatic heterocycles. The summed E-state index contributed by atoms with van der Waals surface area (Å²) in [4.78, 5) is 0. The Kier molecular flexibility index (Phi) is 4.84. The summed E-state index contributed by atoms with van der Waals surface area (Å²) < 4.78 is 0. The molecule has 1 unspecified atom stereocenters. The second kappa shape index (κ2) is 4.57. The highest BCUT2D eigenvalue weighted by Gasteiger charge is 1.96. The number of hydrogen-bond donors (Lipinski definition) is 0. The number of hydrogen-bond acceptors (Lipinski definition) is 1. The molecule has 0 aliphatic carbocycles. The van der Waals surface area contributed by atoms with Crippen LogP contribution in [0.15, 0.2) is 0 Å². The van der Waals surface area contributed by atoms with Gasteiger partial charge >= 0.3 is 0 Å². The van der Waals surface area contributed by atoms with E-state index in [9.17, 15) is 0 Å². The van der Waals surface area contributed by atoms with Gasteiger partial charge in [-0.3, -0.25) is 0 Å². The van der Waals surface area contributed by atoms with E-state index in [-0.39, 0.29) is 0 Å². The molecule has 0 nitrogen and oxygen atoms in total. The van der Waals surface area contributed by atoms with Crippen molar-refractivity contribution in [3.63, 3.8) is 0 Å². The summed E-state index contributed by atoms with van der Waals surface area (Å²) in [6.45, 7) is 6.70. The minimum Gasteiger partial charge on any atom is -0.221 e. The molecule has 1 atom stereocenters. The summed E-state index contributed by atoms with van der Waals surface area (Å²) in [5.74, 6) is 0.787. The van der Waals surface area contributed by atoms with Gasteiger partial charge in [0, 0.05) is 0 Å². The van der Waals surface area contributed by atoms with Crippen molar-refractivity contribution in [1.82, 2.24) is 0 Å². The highest BCUT2D eigenvalue weighted by molar-refractivity contribution is 8.22. The molecule has 0 spiro atoms. The van der Waals surface area contributed by atoms with Crippen molar-refractivity contribution < 1.29 is 0 Å². The van der Waals surface area contributed by atoms with Gasteiger partial charge in [-0.2, -0.15) is 0 Å². The molecule has 2 heteroatoms. The molecule has 1 radical (unpaired) electrons. The largest absolute Gasteiger partial charge is 0.221 e. The van der Waals surface area contributed by atoms with Gasteiger partial charge in [0.2, 0.25) is 0 Å². The Labute approximate surface area is 51.2 Å². The Morgan fingerprint density at radius 1 is 1.71 bits per heavy atom. The first-order chi connectivity index (χ1) is 3.31. The van der Waals surface area contributed by atoms with Crippen LogP contribution >= 0.6 is 11.6 Å². The standard InChI is InChI=1S/C5H12BS/c1-4-5(2)6-7-3/h5H,4H2,1-3H3. The molecular formula is C5H12BS. The zero-order valence-electron chi connectivity index (χ0n) is 5.27. The van der Waals surface area contributed by atoms with E-state index in [4.69, 9.17) is 0 Å². The van der Waals surface area contributed by atoms with Gasteiger partial charge in [0.15, 0.2) is 6.56 Å². The van der Waals surface area contributed by atoms with Crippen molar-refractivity contribution in [2.24, 2.45) is 0 Å². The molecule has 0 aromatic heterocycles. The summed E-state index contributed by atoms with van der Waals surface area (Å²) in [5.41, 5.74) is 0. The van der Waals surface area contributed by atoms with E-state index < -0.39 is 0 Å². The zero-order valence-corrected chi connectivity index (χ0v) is 6.09. The SMILES string of the molecule is CCC(C)[B]SC. The molecule has 0 amide bonds. The Morgan fingerprint density at radius 2 is 2.29 bits per heavy atom. The summed E-state index contributed by atoms with van der Waals surface area (Å²) in [6, 6.07) is 0. The van der Waals surface area contributed by atoms with Gasteiger partial charge < -0.3 is 0 Å². The van der Waals surface area contributed by atoms with Crippen molar-refractivity contribution in [2.45, 2.75) is 26.1 Å². The van der Waals surface area contributed by atoms with Gasteiger partial charge in [-0.05, 0) is 6.26 Å². The maximum atomic E-state index is 2.26. The number of rotatable bonds is 3. The Bertz CT molecular complexity index is 39.1. The normalized spacial score (nSPS) is 13.6. The van der Waals surface area contributed by atoms with Crippen LogP contribution in [-0.2, 0) is 0 Å². The van der Waals surface area contributed by atoms with E-state index in [1.54, 1.807) is 0 Å². The molecule has 0 bridgehead atoms. The third kappa shape index (κ3) is 4.26. The monoisotopic (exact) mass is 115 g/mol. The fourth-order valence-electron chi connectivity index (χ4n) is 0.329. The van der Waals surface area contributed by atoms with Crippen molar-refractivity contribution >= 4 is 18.2 Å². The molecule has 41 valence electrons. The lowest BCUT2D eigenvalue weighted by Crippen LogP contribution is -1.90.